The second-order valence-corrected chi connectivity index (χ2v) is 4.80. The van der Waals surface area contributed by atoms with E-state index in [1.54, 1.807) is 38.5 Å². The van der Waals surface area contributed by atoms with Crippen molar-refractivity contribution in [2.24, 2.45) is 0 Å². The van der Waals surface area contributed by atoms with Crippen molar-refractivity contribution < 1.29 is 23.7 Å². The minimum absolute atomic E-state index is 0.185. The molecule has 122 valence electrons. The van der Waals surface area contributed by atoms with Crippen LogP contribution in [0, 0.1) is 0 Å². The third-order valence-electron chi connectivity index (χ3n) is 3.13. The van der Waals surface area contributed by atoms with Gasteiger partial charge in [-0.2, -0.15) is 0 Å². The van der Waals surface area contributed by atoms with Crippen molar-refractivity contribution in [1.82, 2.24) is 0 Å². The molecule has 0 amide bonds. The second-order valence-electron chi connectivity index (χ2n) is 4.80. The molecular formula is C18H20O5. The van der Waals surface area contributed by atoms with E-state index in [4.69, 9.17) is 18.9 Å². The first-order valence-electron chi connectivity index (χ1n) is 7.25. The Kier molecular flexibility index (Phi) is 6.44. The second kappa shape index (κ2) is 8.80. The van der Waals surface area contributed by atoms with Crippen molar-refractivity contribution in [1.29, 1.82) is 0 Å². The fourth-order valence-electron chi connectivity index (χ4n) is 1.95. The molecule has 0 bridgehead atoms. The van der Waals surface area contributed by atoms with Crippen molar-refractivity contribution in [2.75, 3.05) is 27.4 Å². The monoisotopic (exact) mass is 316 g/mol. The van der Waals surface area contributed by atoms with Crippen LogP contribution in [0.15, 0.2) is 48.5 Å². The molecule has 0 heterocycles. The lowest BCUT2D eigenvalue weighted by Crippen LogP contribution is -2.07. The molecule has 2 aromatic carbocycles. The molecular weight excluding hydrogens is 296 g/mol. The van der Waals surface area contributed by atoms with Gasteiger partial charge in [0.05, 0.1) is 19.3 Å². The molecule has 23 heavy (non-hydrogen) atoms. The summed E-state index contributed by atoms with van der Waals surface area (Å²) < 4.78 is 20.9. The molecule has 0 aliphatic rings. The first-order valence-corrected chi connectivity index (χ1v) is 7.25. The molecule has 0 unspecified atom stereocenters. The quantitative estimate of drug-likeness (QED) is 0.553. The van der Waals surface area contributed by atoms with Crippen molar-refractivity contribution in [2.45, 2.75) is 6.61 Å². The molecule has 0 radical (unpaired) electrons. The van der Waals surface area contributed by atoms with Crippen LogP contribution in [0.3, 0.4) is 0 Å². The Hall–Kier alpha value is -2.53. The average molecular weight is 316 g/mol. The van der Waals surface area contributed by atoms with E-state index in [0.717, 1.165) is 11.3 Å². The van der Waals surface area contributed by atoms with Gasteiger partial charge in [0.2, 0.25) is 0 Å². The van der Waals surface area contributed by atoms with Crippen molar-refractivity contribution in [3.63, 3.8) is 0 Å². The number of ether oxygens (including phenoxy) is 4. The molecule has 0 saturated carbocycles. The topological polar surface area (TPSA) is 54.0 Å². The summed E-state index contributed by atoms with van der Waals surface area (Å²) in [6.45, 7) is 1.11. The van der Waals surface area contributed by atoms with Gasteiger partial charge in [-0.05, 0) is 35.9 Å². The zero-order valence-corrected chi connectivity index (χ0v) is 13.3. The van der Waals surface area contributed by atoms with Crippen LogP contribution in [-0.2, 0) is 16.1 Å². The molecule has 0 N–H and O–H groups in total. The Balaban J connectivity index is 1.93. The van der Waals surface area contributed by atoms with Gasteiger partial charge in [0.15, 0.2) is 0 Å². The van der Waals surface area contributed by atoms with Gasteiger partial charge in [-0.25, -0.2) is 4.79 Å². The number of rotatable bonds is 8. The van der Waals surface area contributed by atoms with Crippen molar-refractivity contribution in [3.05, 3.63) is 59.7 Å². The Morgan fingerprint density at radius 2 is 1.74 bits per heavy atom. The van der Waals surface area contributed by atoms with Crippen LogP contribution >= 0.6 is 0 Å². The van der Waals surface area contributed by atoms with E-state index in [-0.39, 0.29) is 6.61 Å². The summed E-state index contributed by atoms with van der Waals surface area (Å²) in [5.74, 6) is 0.940. The predicted molar refractivity (Wildman–Crippen MR) is 85.9 cm³/mol. The van der Waals surface area contributed by atoms with E-state index in [0.29, 0.717) is 24.5 Å². The van der Waals surface area contributed by atoms with E-state index in [9.17, 15) is 4.79 Å². The van der Waals surface area contributed by atoms with E-state index in [1.807, 2.05) is 24.3 Å². The molecule has 0 aromatic heterocycles. The molecule has 2 aromatic rings. The van der Waals surface area contributed by atoms with Gasteiger partial charge in [-0.1, -0.05) is 18.2 Å². The largest absolute Gasteiger partial charge is 0.497 e. The van der Waals surface area contributed by atoms with E-state index >= 15 is 0 Å². The highest BCUT2D eigenvalue weighted by atomic mass is 16.5. The normalized spacial score (nSPS) is 10.2. The van der Waals surface area contributed by atoms with Gasteiger partial charge in [-0.15, -0.1) is 0 Å². The highest BCUT2D eigenvalue weighted by molar-refractivity contribution is 5.89. The fourth-order valence-corrected chi connectivity index (χ4v) is 1.95. The van der Waals surface area contributed by atoms with E-state index in [1.165, 1.54) is 0 Å². The van der Waals surface area contributed by atoms with Crippen LogP contribution in [0.2, 0.25) is 0 Å². The summed E-state index contributed by atoms with van der Waals surface area (Å²) in [4.78, 5) is 12.1. The van der Waals surface area contributed by atoms with Crippen LogP contribution in [0.5, 0.6) is 11.5 Å². The Morgan fingerprint density at radius 3 is 2.52 bits per heavy atom. The number of carbonyl (C=O) groups excluding carboxylic acids is 1. The summed E-state index contributed by atoms with van der Waals surface area (Å²) >= 11 is 0. The lowest BCUT2D eigenvalue weighted by molar-refractivity contribution is 0.0472. The molecule has 2 rings (SSSR count). The molecule has 0 spiro atoms. The van der Waals surface area contributed by atoms with Gasteiger partial charge in [0.1, 0.15) is 24.7 Å². The minimum Gasteiger partial charge on any atom is -0.497 e. The Labute approximate surface area is 135 Å². The van der Waals surface area contributed by atoms with E-state index < -0.39 is 5.97 Å². The van der Waals surface area contributed by atoms with Crippen LogP contribution in [0.25, 0.3) is 0 Å². The van der Waals surface area contributed by atoms with E-state index in [2.05, 4.69) is 0 Å². The summed E-state index contributed by atoms with van der Waals surface area (Å²) in [6.07, 6.45) is 0. The lowest BCUT2D eigenvalue weighted by Gasteiger charge is -2.09. The smallest absolute Gasteiger partial charge is 0.338 e. The molecule has 0 saturated heterocycles. The molecule has 0 aliphatic heterocycles. The third-order valence-corrected chi connectivity index (χ3v) is 3.13. The Bertz CT molecular complexity index is 639. The van der Waals surface area contributed by atoms with Crippen LogP contribution in [0.4, 0.5) is 0 Å². The third kappa shape index (κ3) is 5.30. The first-order chi connectivity index (χ1) is 11.2. The number of hydrogen-bond donors (Lipinski definition) is 0. The van der Waals surface area contributed by atoms with Crippen LogP contribution in [0.1, 0.15) is 15.9 Å². The van der Waals surface area contributed by atoms with Crippen molar-refractivity contribution in [3.8, 4) is 11.5 Å². The number of hydrogen-bond acceptors (Lipinski definition) is 5. The average Bonchev–Trinajstić information content (AvgIpc) is 2.60. The van der Waals surface area contributed by atoms with Crippen LogP contribution in [-0.4, -0.2) is 33.4 Å². The number of benzene rings is 2. The van der Waals surface area contributed by atoms with Crippen LogP contribution < -0.4 is 9.47 Å². The molecule has 0 fully saturated rings. The summed E-state index contributed by atoms with van der Waals surface area (Å²) in [5.41, 5.74) is 1.31. The highest BCUT2D eigenvalue weighted by Crippen LogP contribution is 2.16. The maximum atomic E-state index is 12.1. The molecule has 5 nitrogen and oxygen atoms in total. The van der Waals surface area contributed by atoms with Gasteiger partial charge in [0, 0.05) is 7.11 Å². The fraction of sp³-hybridized carbons (Fsp3) is 0.278. The van der Waals surface area contributed by atoms with Crippen molar-refractivity contribution >= 4 is 5.97 Å². The van der Waals surface area contributed by atoms with Gasteiger partial charge >= 0.3 is 5.97 Å². The molecule has 5 heteroatoms. The first kappa shape index (κ1) is 16.8. The summed E-state index contributed by atoms with van der Waals surface area (Å²) in [6, 6.07) is 14.3. The zero-order valence-electron chi connectivity index (χ0n) is 13.3. The lowest BCUT2D eigenvalue weighted by atomic mass is 10.2. The summed E-state index contributed by atoms with van der Waals surface area (Å²) in [5, 5.41) is 0. The van der Waals surface area contributed by atoms with Gasteiger partial charge in [0.25, 0.3) is 0 Å². The maximum Gasteiger partial charge on any atom is 0.338 e. The molecule has 0 atom stereocenters. The minimum atomic E-state index is -0.398. The number of methoxy groups -OCH3 is 2. The number of carbonyl (C=O) groups is 1. The Morgan fingerprint density at radius 1 is 0.957 bits per heavy atom. The van der Waals surface area contributed by atoms with Gasteiger partial charge < -0.3 is 18.9 Å². The van der Waals surface area contributed by atoms with Gasteiger partial charge in [-0.3, -0.25) is 0 Å². The summed E-state index contributed by atoms with van der Waals surface area (Å²) in [7, 11) is 3.20. The maximum absolute atomic E-state index is 12.1. The SMILES string of the molecule is COCCOc1cccc(C(=O)OCc2cccc(OC)c2)c1. The number of esters is 1. The predicted octanol–water partition coefficient (Wildman–Crippen LogP) is 3.08. The zero-order chi connectivity index (χ0) is 16.5. The highest BCUT2D eigenvalue weighted by Gasteiger charge is 2.09. The standard InChI is InChI=1S/C18H20O5/c1-20-9-10-22-17-8-4-6-15(12-17)18(19)23-13-14-5-3-7-16(11-14)21-2/h3-8,11-12H,9-10,13H2,1-2H3. The molecule has 0 aliphatic carbocycles.